The van der Waals surface area contributed by atoms with Crippen LogP contribution in [0, 0.1) is 17.0 Å². The normalized spacial score (nSPS) is 10.4. The third kappa shape index (κ3) is 3.71. The van der Waals surface area contributed by atoms with Crippen LogP contribution in [0.15, 0.2) is 36.4 Å². The molecule has 0 aromatic heterocycles. The van der Waals surface area contributed by atoms with Crippen molar-refractivity contribution in [2.75, 3.05) is 7.05 Å². The number of nitro groups is 1. The first kappa shape index (κ1) is 15.3. The van der Waals surface area contributed by atoms with Crippen LogP contribution in [-0.4, -0.2) is 12.0 Å². The molecular weight excluding hydrogens is 292 g/mol. The fourth-order valence-electron chi connectivity index (χ4n) is 1.96. The second-order valence-corrected chi connectivity index (χ2v) is 5.00. The number of rotatable bonds is 5. The number of nitro benzene ring substituents is 1. The molecule has 0 aliphatic carbocycles. The molecule has 0 heterocycles. The SMILES string of the molecule is CNCc1ccc(Oc2ccc([N+](=O)[O-])c(C)c2)cc1Cl. The number of nitrogens with zero attached hydrogens (tertiary/aromatic N) is 1. The van der Waals surface area contributed by atoms with Crippen molar-refractivity contribution in [3.63, 3.8) is 0 Å². The van der Waals surface area contributed by atoms with Crippen LogP contribution in [-0.2, 0) is 6.54 Å². The Morgan fingerprint density at radius 2 is 1.90 bits per heavy atom. The van der Waals surface area contributed by atoms with E-state index in [0.29, 0.717) is 28.6 Å². The van der Waals surface area contributed by atoms with Gasteiger partial charge in [-0.3, -0.25) is 10.1 Å². The summed E-state index contributed by atoms with van der Waals surface area (Å²) in [6.45, 7) is 2.35. The fourth-order valence-corrected chi connectivity index (χ4v) is 2.20. The van der Waals surface area contributed by atoms with Gasteiger partial charge < -0.3 is 10.1 Å². The molecule has 2 aromatic rings. The average Bonchev–Trinajstić information content (AvgIpc) is 2.41. The first-order valence-corrected chi connectivity index (χ1v) is 6.75. The van der Waals surface area contributed by atoms with Crippen molar-refractivity contribution in [1.82, 2.24) is 5.32 Å². The topological polar surface area (TPSA) is 64.4 Å². The van der Waals surface area contributed by atoms with Crippen molar-refractivity contribution in [2.24, 2.45) is 0 Å². The lowest BCUT2D eigenvalue weighted by Crippen LogP contribution is -2.05. The molecule has 5 nitrogen and oxygen atoms in total. The van der Waals surface area contributed by atoms with E-state index in [0.717, 1.165) is 5.56 Å². The van der Waals surface area contributed by atoms with Crippen molar-refractivity contribution in [2.45, 2.75) is 13.5 Å². The zero-order chi connectivity index (χ0) is 15.4. The summed E-state index contributed by atoms with van der Waals surface area (Å²) in [6.07, 6.45) is 0. The monoisotopic (exact) mass is 306 g/mol. The molecule has 0 bridgehead atoms. The molecule has 21 heavy (non-hydrogen) atoms. The Morgan fingerprint density at radius 3 is 2.48 bits per heavy atom. The van der Waals surface area contributed by atoms with E-state index < -0.39 is 4.92 Å². The van der Waals surface area contributed by atoms with Crippen LogP contribution in [0.2, 0.25) is 5.02 Å². The highest BCUT2D eigenvalue weighted by atomic mass is 35.5. The minimum Gasteiger partial charge on any atom is -0.457 e. The molecule has 1 N–H and O–H groups in total. The smallest absolute Gasteiger partial charge is 0.272 e. The van der Waals surface area contributed by atoms with E-state index >= 15 is 0 Å². The van der Waals surface area contributed by atoms with E-state index in [4.69, 9.17) is 16.3 Å². The molecule has 0 fully saturated rings. The maximum atomic E-state index is 10.8. The molecule has 6 heteroatoms. The average molecular weight is 307 g/mol. The number of aryl methyl sites for hydroxylation is 1. The van der Waals surface area contributed by atoms with Crippen molar-refractivity contribution < 1.29 is 9.66 Å². The molecule has 0 aliphatic rings. The number of ether oxygens (including phenoxy) is 1. The molecule has 2 aromatic carbocycles. The van der Waals surface area contributed by atoms with Crippen LogP contribution >= 0.6 is 11.6 Å². The van der Waals surface area contributed by atoms with Gasteiger partial charge >= 0.3 is 0 Å². The molecular formula is C15H15ClN2O3. The summed E-state index contributed by atoms with van der Waals surface area (Å²) in [6, 6.07) is 10.1. The van der Waals surface area contributed by atoms with Gasteiger partial charge in [-0.25, -0.2) is 0 Å². The summed E-state index contributed by atoms with van der Waals surface area (Å²) in [5.74, 6) is 1.13. The quantitative estimate of drug-likeness (QED) is 0.668. The van der Waals surface area contributed by atoms with Crippen LogP contribution in [0.3, 0.4) is 0 Å². The van der Waals surface area contributed by atoms with Gasteiger partial charge in [0.15, 0.2) is 0 Å². The Morgan fingerprint density at radius 1 is 1.24 bits per heavy atom. The van der Waals surface area contributed by atoms with Crippen molar-refractivity contribution in [3.05, 3.63) is 62.7 Å². The molecule has 0 unspecified atom stereocenters. The Kier molecular flexibility index (Phi) is 4.77. The lowest BCUT2D eigenvalue weighted by atomic mass is 10.2. The number of hydrogen-bond donors (Lipinski definition) is 1. The van der Waals surface area contributed by atoms with Crippen LogP contribution in [0.5, 0.6) is 11.5 Å². The minimum absolute atomic E-state index is 0.0738. The molecule has 0 atom stereocenters. The van der Waals surface area contributed by atoms with E-state index in [9.17, 15) is 10.1 Å². The molecule has 2 rings (SSSR count). The van der Waals surface area contributed by atoms with Gasteiger partial charge in [0.25, 0.3) is 5.69 Å². The predicted molar refractivity (Wildman–Crippen MR) is 82.1 cm³/mol. The predicted octanol–water partition coefficient (Wildman–Crippen LogP) is 4.07. The Hall–Kier alpha value is -2.11. The van der Waals surface area contributed by atoms with Gasteiger partial charge in [-0.05, 0) is 43.8 Å². The third-order valence-electron chi connectivity index (χ3n) is 2.99. The van der Waals surface area contributed by atoms with Gasteiger partial charge in [-0.15, -0.1) is 0 Å². The van der Waals surface area contributed by atoms with Crippen LogP contribution in [0.4, 0.5) is 5.69 Å². The molecule has 110 valence electrons. The number of halogens is 1. The van der Waals surface area contributed by atoms with Gasteiger partial charge in [-0.1, -0.05) is 17.7 Å². The van der Waals surface area contributed by atoms with Crippen LogP contribution in [0.1, 0.15) is 11.1 Å². The maximum absolute atomic E-state index is 10.8. The van der Waals surface area contributed by atoms with Crippen molar-refractivity contribution in [1.29, 1.82) is 0 Å². The van der Waals surface area contributed by atoms with E-state index in [1.54, 1.807) is 25.1 Å². The van der Waals surface area contributed by atoms with Gasteiger partial charge in [0.2, 0.25) is 0 Å². The lowest BCUT2D eigenvalue weighted by Gasteiger charge is -2.09. The van der Waals surface area contributed by atoms with E-state index in [1.807, 2.05) is 19.2 Å². The highest BCUT2D eigenvalue weighted by Gasteiger charge is 2.11. The summed E-state index contributed by atoms with van der Waals surface area (Å²) in [5, 5.41) is 14.4. The van der Waals surface area contributed by atoms with Gasteiger partial charge in [0, 0.05) is 23.2 Å². The van der Waals surface area contributed by atoms with Crippen molar-refractivity contribution in [3.8, 4) is 11.5 Å². The molecule has 0 amide bonds. The van der Waals surface area contributed by atoms with E-state index in [-0.39, 0.29) is 5.69 Å². The second kappa shape index (κ2) is 6.56. The largest absolute Gasteiger partial charge is 0.457 e. The zero-order valence-corrected chi connectivity index (χ0v) is 12.5. The lowest BCUT2D eigenvalue weighted by molar-refractivity contribution is -0.385. The Labute approximate surface area is 127 Å². The number of benzene rings is 2. The molecule has 0 radical (unpaired) electrons. The summed E-state index contributed by atoms with van der Waals surface area (Å²) in [5.41, 5.74) is 1.60. The molecule has 0 aliphatic heterocycles. The molecule has 0 saturated carbocycles. The third-order valence-corrected chi connectivity index (χ3v) is 3.34. The first-order valence-electron chi connectivity index (χ1n) is 6.37. The molecule has 0 spiro atoms. The van der Waals surface area contributed by atoms with Gasteiger partial charge in [0.1, 0.15) is 11.5 Å². The second-order valence-electron chi connectivity index (χ2n) is 4.59. The summed E-state index contributed by atoms with van der Waals surface area (Å²) in [7, 11) is 1.85. The van der Waals surface area contributed by atoms with Crippen LogP contribution in [0.25, 0.3) is 0 Å². The first-order chi connectivity index (χ1) is 10.0. The number of nitrogens with one attached hydrogen (secondary N) is 1. The minimum atomic E-state index is -0.414. The fraction of sp³-hybridized carbons (Fsp3) is 0.200. The molecule has 0 saturated heterocycles. The Bertz CT molecular complexity index is 674. The standard InChI is InChI=1S/C15H15ClN2O3/c1-10-7-12(5-6-15(10)18(19)20)21-13-4-3-11(9-17-2)14(16)8-13/h3-8,17H,9H2,1-2H3. The number of hydrogen-bond acceptors (Lipinski definition) is 4. The van der Waals surface area contributed by atoms with Gasteiger partial charge in [-0.2, -0.15) is 0 Å². The van der Waals surface area contributed by atoms with E-state index in [1.165, 1.54) is 6.07 Å². The highest BCUT2D eigenvalue weighted by molar-refractivity contribution is 6.31. The summed E-state index contributed by atoms with van der Waals surface area (Å²) in [4.78, 5) is 10.4. The summed E-state index contributed by atoms with van der Waals surface area (Å²) >= 11 is 6.16. The Balaban J connectivity index is 2.20. The maximum Gasteiger partial charge on any atom is 0.272 e. The highest BCUT2D eigenvalue weighted by Crippen LogP contribution is 2.29. The zero-order valence-electron chi connectivity index (χ0n) is 11.7. The van der Waals surface area contributed by atoms with Crippen LogP contribution < -0.4 is 10.1 Å². The van der Waals surface area contributed by atoms with E-state index in [2.05, 4.69) is 5.32 Å². The summed E-state index contributed by atoms with van der Waals surface area (Å²) < 4.78 is 5.68. The van der Waals surface area contributed by atoms with Gasteiger partial charge in [0.05, 0.1) is 4.92 Å². The van der Waals surface area contributed by atoms with Crippen molar-refractivity contribution >= 4 is 17.3 Å².